The Kier molecular flexibility index (Phi) is 6.17. The number of nitrogen functional groups attached to an aromatic ring is 1. The molecule has 2 aromatic heterocycles. The molecule has 0 unspecified atom stereocenters. The van der Waals surface area contributed by atoms with Crippen LogP contribution in [0.1, 0.15) is 34.4 Å². The molecule has 32 heavy (non-hydrogen) atoms. The maximum absolute atomic E-state index is 9.55. The Morgan fingerprint density at radius 3 is 2.72 bits per heavy atom. The van der Waals surface area contributed by atoms with Gasteiger partial charge in [-0.05, 0) is 37.6 Å². The summed E-state index contributed by atoms with van der Waals surface area (Å²) >= 11 is 12.5. The van der Waals surface area contributed by atoms with Crippen LogP contribution in [-0.4, -0.2) is 28.8 Å². The quantitative estimate of drug-likeness (QED) is 0.400. The molecule has 4 rings (SSSR count). The molecule has 3 aromatic rings. The van der Waals surface area contributed by atoms with Crippen molar-refractivity contribution < 1.29 is 4.74 Å². The minimum absolute atomic E-state index is 0.141. The minimum Gasteiger partial charge on any atom is -0.489 e. The molecular formula is C23H20Cl2N6O. The molecule has 0 saturated carbocycles. The van der Waals surface area contributed by atoms with Crippen molar-refractivity contribution in [2.45, 2.75) is 20.0 Å². The Balaban J connectivity index is 1.58. The molecule has 1 aliphatic heterocycles. The van der Waals surface area contributed by atoms with E-state index in [1.165, 1.54) is 6.20 Å². The molecule has 0 amide bonds. The van der Waals surface area contributed by atoms with E-state index in [9.17, 15) is 5.26 Å². The number of hydrogen-bond donors (Lipinski definition) is 2. The number of benzene rings is 1. The fourth-order valence-corrected chi connectivity index (χ4v) is 3.80. The number of rotatable bonds is 6. The monoisotopic (exact) mass is 466 g/mol. The lowest BCUT2D eigenvalue weighted by molar-refractivity contribution is 0.306. The summed E-state index contributed by atoms with van der Waals surface area (Å²) in [6.07, 6.45) is 4.22. The number of nitrogens with one attached hydrogen (secondary N) is 1. The number of anilines is 2. The number of nitrogens with two attached hydrogens (primary N) is 1. The van der Waals surface area contributed by atoms with E-state index in [2.05, 4.69) is 16.0 Å². The number of pyridine rings is 2. The van der Waals surface area contributed by atoms with Crippen LogP contribution in [-0.2, 0) is 6.61 Å². The van der Waals surface area contributed by atoms with Gasteiger partial charge in [-0.1, -0.05) is 23.2 Å². The maximum Gasteiger partial charge on any atom is 0.146 e. The second-order valence-electron chi connectivity index (χ2n) is 7.44. The highest BCUT2D eigenvalue weighted by Crippen LogP contribution is 2.29. The van der Waals surface area contributed by atoms with Crippen LogP contribution in [0.25, 0.3) is 0 Å². The molecule has 7 nitrogen and oxygen atoms in total. The van der Waals surface area contributed by atoms with Gasteiger partial charge in [-0.3, -0.25) is 10.4 Å². The second-order valence-corrected chi connectivity index (χ2v) is 8.23. The van der Waals surface area contributed by atoms with Crippen molar-refractivity contribution in [3.8, 4) is 11.8 Å². The van der Waals surface area contributed by atoms with E-state index in [0.717, 1.165) is 19.5 Å². The first-order chi connectivity index (χ1) is 15.4. The van der Waals surface area contributed by atoms with E-state index in [1.54, 1.807) is 37.4 Å². The normalized spacial score (nSPS) is 12.8. The van der Waals surface area contributed by atoms with Crippen LogP contribution in [0.3, 0.4) is 0 Å². The van der Waals surface area contributed by atoms with Gasteiger partial charge >= 0.3 is 0 Å². The van der Waals surface area contributed by atoms with E-state index in [0.29, 0.717) is 55.2 Å². The predicted molar refractivity (Wildman–Crippen MR) is 126 cm³/mol. The van der Waals surface area contributed by atoms with Crippen molar-refractivity contribution in [1.29, 1.82) is 10.7 Å². The Labute approximate surface area is 195 Å². The third kappa shape index (κ3) is 4.20. The van der Waals surface area contributed by atoms with Gasteiger partial charge in [0.1, 0.15) is 24.2 Å². The summed E-state index contributed by atoms with van der Waals surface area (Å²) < 4.78 is 5.88. The minimum atomic E-state index is 0.141. The number of halogens is 2. The summed E-state index contributed by atoms with van der Waals surface area (Å²) in [6.45, 7) is 3.70. The summed E-state index contributed by atoms with van der Waals surface area (Å²) in [5.41, 5.74) is 9.44. The molecule has 162 valence electrons. The fraction of sp³-hybridized carbons (Fsp3) is 0.217. The lowest BCUT2D eigenvalue weighted by Crippen LogP contribution is -2.38. The standard InChI is InChI=1S/C23H20Cl2N6O/c1-13-21(25)18(19(24)11-29-13)12-32-16-3-4-20(27)17(8-16)22(28)15-7-14(9-26)23(30-10-15)31-5-2-6-31/h3-4,7-8,10-11,28H,2,5-6,12,27H2,1H3. The van der Waals surface area contributed by atoms with Crippen LogP contribution in [0.2, 0.25) is 10.0 Å². The van der Waals surface area contributed by atoms with Gasteiger partial charge in [-0.15, -0.1) is 0 Å². The Bertz CT molecular complexity index is 1250. The zero-order chi connectivity index (χ0) is 22.8. The molecule has 0 radical (unpaired) electrons. The molecule has 0 atom stereocenters. The summed E-state index contributed by atoms with van der Waals surface area (Å²) in [5, 5.41) is 19.1. The Morgan fingerprint density at radius 1 is 1.25 bits per heavy atom. The second kappa shape index (κ2) is 9.03. The van der Waals surface area contributed by atoms with Crippen molar-refractivity contribution in [1.82, 2.24) is 9.97 Å². The predicted octanol–water partition coefficient (Wildman–Crippen LogP) is 4.75. The molecule has 3 N–H and O–H groups in total. The molecule has 1 aliphatic rings. The van der Waals surface area contributed by atoms with Crippen LogP contribution in [0.5, 0.6) is 5.75 Å². The number of nitriles is 1. The van der Waals surface area contributed by atoms with E-state index in [1.807, 2.05) is 4.90 Å². The van der Waals surface area contributed by atoms with Gasteiger partial charge in [0.15, 0.2) is 0 Å². The molecule has 0 aliphatic carbocycles. The largest absolute Gasteiger partial charge is 0.489 e. The molecule has 1 aromatic carbocycles. The van der Waals surface area contributed by atoms with Crippen molar-refractivity contribution in [3.63, 3.8) is 0 Å². The van der Waals surface area contributed by atoms with Crippen LogP contribution in [0.15, 0.2) is 36.7 Å². The summed E-state index contributed by atoms with van der Waals surface area (Å²) in [4.78, 5) is 10.6. The summed E-state index contributed by atoms with van der Waals surface area (Å²) in [7, 11) is 0. The van der Waals surface area contributed by atoms with Gasteiger partial charge in [0.2, 0.25) is 0 Å². The molecule has 1 saturated heterocycles. The van der Waals surface area contributed by atoms with Gasteiger partial charge in [-0.2, -0.15) is 5.26 Å². The van der Waals surface area contributed by atoms with Gasteiger partial charge in [-0.25, -0.2) is 4.98 Å². The van der Waals surface area contributed by atoms with Gasteiger partial charge in [0.05, 0.1) is 27.0 Å². The smallest absolute Gasteiger partial charge is 0.146 e. The van der Waals surface area contributed by atoms with Gasteiger partial charge in [0.25, 0.3) is 0 Å². The topological polar surface area (TPSA) is 112 Å². The lowest BCUT2D eigenvalue weighted by atomic mass is 10.0. The lowest BCUT2D eigenvalue weighted by Gasteiger charge is -2.32. The van der Waals surface area contributed by atoms with E-state index >= 15 is 0 Å². The molecule has 9 heteroatoms. The first kappa shape index (κ1) is 21.9. The third-order valence-electron chi connectivity index (χ3n) is 5.35. The van der Waals surface area contributed by atoms with Crippen LogP contribution < -0.4 is 15.4 Å². The molecule has 0 bridgehead atoms. The maximum atomic E-state index is 9.55. The van der Waals surface area contributed by atoms with E-state index < -0.39 is 0 Å². The first-order valence-electron chi connectivity index (χ1n) is 9.95. The Hall–Kier alpha value is -3.34. The first-order valence-corrected chi connectivity index (χ1v) is 10.7. The third-order valence-corrected chi connectivity index (χ3v) is 6.18. The molecule has 1 fully saturated rings. The highest BCUT2D eigenvalue weighted by atomic mass is 35.5. The number of aromatic nitrogens is 2. The molecular weight excluding hydrogens is 447 g/mol. The number of ether oxygens (including phenoxy) is 1. The average Bonchev–Trinajstić information content (AvgIpc) is 2.76. The van der Waals surface area contributed by atoms with Crippen LogP contribution >= 0.6 is 23.2 Å². The van der Waals surface area contributed by atoms with Crippen LogP contribution in [0.4, 0.5) is 11.5 Å². The molecule has 3 heterocycles. The average molecular weight is 467 g/mol. The number of nitrogens with zero attached hydrogens (tertiary/aromatic N) is 4. The number of aryl methyl sites for hydroxylation is 1. The highest BCUT2D eigenvalue weighted by molar-refractivity contribution is 6.36. The summed E-state index contributed by atoms with van der Waals surface area (Å²) in [5.74, 6) is 1.16. The van der Waals surface area contributed by atoms with Crippen molar-refractivity contribution in [2.75, 3.05) is 23.7 Å². The highest BCUT2D eigenvalue weighted by Gasteiger charge is 2.21. The summed E-state index contributed by atoms with van der Waals surface area (Å²) in [6, 6.07) is 8.93. The zero-order valence-electron chi connectivity index (χ0n) is 17.3. The van der Waals surface area contributed by atoms with Crippen LogP contribution in [0, 0.1) is 23.7 Å². The fourth-order valence-electron chi connectivity index (χ4n) is 3.35. The van der Waals surface area contributed by atoms with E-state index in [4.69, 9.17) is 39.1 Å². The zero-order valence-corrected chi connectivity index (χ0v) is 18.8. The van der Waals surface area contributed by atoms with Crippen molar-refractivity contribution in [2.24, 2.45) is 0 Å². The van der Waals surface area contributed by atoms with Gasteiger partial charge in [0, 0.05) is 47.9 Å². The molecule has 0 spiro atoms. The number of hydrogen-bond acceptors (Lipinski definition) is 7. The van der Waals surface area contributed by atoms with E-state index in [-0.39, 0.29) is 12.3 Å². The van der Waals surface area contributed by atoms with Crippen molar-refractivity contribution >= 4 is 40.4 Å². The Morgan fingerprint density at radius 2 is 2.03 bits per heavy atom. The van der Waals surface area contributed by atoms with Crippen molar-refractivity contribution in [3.05, 3.63) is 74.7 Å². The van der Waals surface area contributed by atoms with Gasteiger partial charge < -0.3 is 15.4 Å². The SMILES string of the molecule is Cc1ncc(Cl)c(COc2ccc(N)c(C(=N)c3cnc(N4CCC4)c(C#N)c3)c2)c1Cl.